The van der Waals surface area contributed by atoms with Gasteiger partial charge >= 0.3 is 0 Å². The van der Waals surface area contributed by atoms with Gasteiger partial charge in [0.1, 0.15) is 5.75 Å². The molecule has 1 aromatic carbocycles. The molecule has 1 aliphatic carbocycles. The lowest BCUT2D eigenvalue weighted by atomic mass is 10.1. The third-order valence-electron chi connectivity index (χ3n) is 4.10. The number of hydrogen-bond donors (Lipinski definition) is 1. The van der Waals surface area contributed by atoms with Crippen LogP contribution in [0.4, 0.5) is 5.69 Å². The maximum atomic E-state index is 5.93. The lowest BCUT2D eigenvalue weighted by molar-refractivity contribution is 0.00999. The molecule has 0 radical (unpaired) electrons. The van der Waals surface area contributed by atoms with Crippen molar-refractivity contribution in [3.63, 3.8) is 0 Å². The highest BCUT2D eigenvalue weighted by atomic mass is 16.7. The number of nitrogens with zero attached hydrogens (tertiary/aromatic N) is 1. The zero-order chi connectivity index (χ0) is 13.8. The largest absolute Gasteiger partial charge is 0.468 e. The summed E-state index contributed by atoms with van der Waals surface area (Å²) in [6.45, 7) is 3.29. The minimum absolute atomic E-state index is 0.356. The van der Waals surface area contributed by atoms with E-state index in [0.29, 0.717) is 12.8 Å². The van der Waals surface area contributed by atoms with Gasteiger partial charge in [-0.25, -0.2) is 0 Å². The van der Waals surface area contributed by atoms with Crippen molar-refractivity contribution in [2.24, 2.45) is 11.7 Å². The van der Waals surface area contributed by atoms with Crippen LogP contribution in [-0.4, -0.2) is 32.5 Å². The van der Waals surface area contributed by atoms with E-state index >= 15 is 0 Å². The van der Waals surface area contributed by atoms with Crippen molar-refractivity contribution < 1.29 is 9.47 Å². The van der Waals surface area contributed by atoms with Gasteiger partial charge < -0.3 is 20.1 Å². The maximum absolute atomic E-state index is 5.93. The summed E-state index contributed by atoms with van der Waals surface area (Å²) >= 11 is 0. The van der Waals surface area contributed by atoms with Crippen molar-refractivity contribution in [3.8, 4) is 5.75 Å². The van der Waals surface area contributed by atoms with Gasteiger partial charge in [0.25, 0.3) is 0 Å². The van der Waals surface area contributed by atoms with Gasteiger partial charge in [0.05, 0.1) is 6.61 Å². The Bertz CT molecular complexity index is 409. The molecule has 110 valence electrons. The molecule has 0 atom stereocenters. The van der Waals surface area contributed by atoms with Crippen LogP contribution in [0.3, 0.4) is 0 Å². The standard InChI is InChI=1S/C16H24N2O2/c17-14-7-9-18(10-8-14)15-3-5-16(6-4-15)20-12-19-11-13-1-2-13/h3-6,13-14H,1-2,7-12,17H2. The highest BCUT2D eigenvalue weighted by molar-refractivity contribution is 5.49. The average molecular weight is 276 g/mol. The SMILES string of the molecule is NC1CCN(c2ccc(OCOCC3CC3)cc2)CC1. The van der Waals surface area contributed by atoms with Crippen molar-refractivity contribution in [1.82, 2.24) is 0 Å². The minimum Gasteiger partial charge on any atom is -0.468 e. The van der Waals surface area contributed by atoms with Crippen LogP contribution in [-0.2, 0) is 4.74 Å². The van der Waals surface area contributed by atoms with E-state index in [2.05, 4.69) is 17.0 Å². The molecule has 4 nitrogen and oxygen atoms in total. The predicted octanol–water partition coefficient (Wildman–Crippen LogP) is 2.38. The van der Waals surface area contributed by atoms with Gasteiger partial charge in [-0.05, 0) is 55.9 Å². The van der Waals surface area contributed by atoms with Crippen molar-refractivity contribution in [3.05, 3.63) is 24.3 Å². The fourth-order valence-electron chi connectivity index (χ4n) is 2.52. The quantitative estimate of drug-likeness (QED) is 0.640. The van der Waals surface area contributed by atoms with Crippen LogP contribution in [0.25, 0.3) is 0 Å². The normalized spacial score (nSPS) is 20.1. The van der Waals surface area contributed by atoms with E-state index in [1.54, 1.807) is 0 Å². The first kappa shape index (κ1) is 13.7. The van der Waals surface area contributed by atoms with E-state index in [1.807, 2.05) is 12.1 Å². The molecule has 0 aromatic heterocycles. The van der Waals surface area contributed by atoms with Gasteiger partial charge in [-0.15, -0.1) is 0 Å². The number of nitrogens with two attached hydrogens (primary N) is 1. The monoisotopic (exact) mass is 276 g/mol. The zero-order valence-corrected chi connectivity index (χ0v) is 12.0. The highest BCUT2D eigenvalue weighted by Crippen LogP contribution is 2.28. The molecule has 1 saturated carbocycles. The summed E-state index contributed by atoms with van der Waals surface area (Å²) in [5.41, 5.74) is 7.19. The molecule has 1 heterocycles. The van der Waals surface area contributed by atoms with Crippen molar-refractivity contribution in [2.45, 2.75) is 31.7 Å². The second-order valence-corrected chi connectivity index (χ2v) is 5.89. The van der Waals surface area contributed by atoms with Crippen LogP contribution in [0, 0.1) is 5.92 Å². The molecule has 1 aromatic rings. The van der Waals surface area contributed by atoms with Gasteiger partial charge in [0.2, 0.25) is 0 Å². The molecule has 4 heteroatoms. The van der Waals surface area contributed by atoms with E-state index in [1.165, 1.54) is 18.5 Å². The summed E-state index contributed by atoms with van der Waals surface area (Å²) in [7, 11) is 0. The molecule has 20 heavy (non-hydrogen) atoms. The molecule has 2 N–H and O–H groups in total. The molecule has 0 amide bonds. The van der Waals surface area contributed by atoms with E-state index in [9.17, 15) is 0 Å². The average Bonchev–Trinajstić information content (AvgIpc) is 3.29. The Morgan fingerprint density at radius 1 is 1.05 bits per heavy atom. The Morgan fingerprint density at radius 2 is 1.75 bits per heavy atom. The first-order chi connectivity index (χ1) is 9.81. The van der Waals surface area contributed by atoms with Gasteiger partial charge in [-0.3, -0.25) is 0 Å². The number of hydrogen-bond acceptors (Lipinski definition) is 4. The van der Waals surface area contributed by atoms with Crippen LogP contribution < -0.4 is 15.4 Å². The van der Waals surface area contributed by atoms with Crippen LogP contribution in [0.2, 0.25) is 0 Å². The van der Waals surface area contributed by atoms with Crippen LogP contribution in [0.1, 0.15) is 25.7 Å². The topological polar surface area (TPSA) is 47.7 Å². The fourth-order valence-corrected chi connectivity index (χ4v) is 2.52. The summed E-state index contributed by atoms with van der Waals surface area (Å²) < 4.78 is 11.1. The Labute approximate surface area is 120 Å². The molecule has 2 fully saturated rings. The van der Waals surface area contributed by atoms with E-state index in [4.69, 9.17) is 15.2 Å². The second kappa shape index (κ2) is 6.46. The van der Waals surface area contributed by atoms with Gasteiger partial charge in [-0.1, -0.05) is 0 Å². The van der Waals surface area contributed by atoms with E-state index in [0.717, 1.165) is 44.2 Å². The third kappa shape index (κ3) is 3.87. The third-order valence-corrected chi connectivity index (χ3v) is 4.10. The van der Waals surface area contributed by atoms with Crippen LogP contribution >= 0.6 is 0 Å². The Kier molecular flexibility index (Phi) is 4.43. The first-order valence-electron chi connectivity index (χ1n) is 7.62. The summed E-state index contributed by atoms with van der Waals surface area (Å²) in [5.74, 6) is 1.66. The van der Waals surface area contributed by atoms with Gasteiger partial charge in [0, 0.05) is 24.8 Å². The molecule has 3 rings (SSSR count). The van der Waals surface area contributed by atoms with E-state index in [-0.39, 0.29) is 0 Å². The smallest absolute Gasteiger partial charge is 0.189 e. The zero-order valence-electron chi connectivity index (χ0n) is 12.0. The molecule has 1 saturated heterocycles. The maximum Gasteiger partial charge on any atom is 0.189 e. The molecule has 1 aliphatic heterocycles. The Balaban J connectivity index is 1.44. The lowest BCUT2D eigenvalue weighted by Gasteiger charge is -2.32. The van der Waals surface area contributed by atoms with E-state index < -0.39 is 0 Å². The molecule has 0 unspecified atom stereocenters. The fraction of sp³-hybridized carbons (Fsp3) is 0.625. The summed E-state index contributed by atoms with van der Waals surface area (Å²) in [5, 5.41) is 0. The molecule has 2 aliphatic rings. The van der Waals surface area contributed by atoms with Crippen LogP contribution in [0.5, 0.6) is 5.75 Å². The van der Waals surface area contributed by atoms with Crippen LogP contribution in [0.15, 0.2) is 24.3 Å². The summed E-state index contributed by atoms with van der Waals surface area (Å²) in [6.07, 6.45) is 4.78. The van der Waals surface area contributed by atoms with Crippen molar-refractivity contribution in [1.29, 1.82) is 0 Å². The Morgan fingerprint density at radius 3 is 2.40 bits per heavy atom. The number of rotatable bonds is 6. The number of benzene rings is 1. The predicted molar refractivity (Wildman–Crippen MR) is 80.0 cm³/mol. The Hall–Kier alpha value is -1.26. The lowest BCUT2D eigenvalue weighted by Crippen LogP contribution is -2.39. The highest BCUT2D eigenvalue weighted by Gasteiger charge is 2.21. The summed E-state index contributed by atoms with van der Waals surface area (Å²) in [4.78, 5) is 2.39. The van der Waals surface area contributed by atoms with Crippen molar-refractivity contribution in [2.75, 3.05) is 31.4 Å². The summed E-state index contributed by atoms with van der Waals surface area (Å²) in [6, 6.07) is 8.65. The number of piperidine rings is 1. The van der Waals surface area contributed by atoms with Crippen molar-refractivity contribution >= 4 is 5.69 Å². The first-order valence-corrected chi connectivity index (χ1v) is 7.62. The number of ether oxygens (including phenoxy) is 2. The van der Waals surface area contributed by atoms with Gasteiger partial charge in [-0.2, -0.15) is 0 Å². The second-order valence-electron chi connectivity index (χ2n) is 5.89. The van der Waals surface area contributed by atoms with Gasteiger partial charge in [0.15, 0.2) is 6.79 Å². The minimum atomic E-state index is 0.356. The molecular formula is C16H24N2O2. The molecule has 0 spiro atoms. The number of anilines is 1. The molecular weight excluding hydrogens is 252 g/mol. The molecule has 0 bridgehead atoms.